The van der Waals surface area contributed by atoms with Crippen molar-refractivity contribution in [3.8, 4) is 5.75 Å². The first-order valence-electron chi connectivity index (χ1n) is 9.63. The first-order chi connectivity index (χ1) is 14.7. The SMILES string of the molecule is Cc1ccc(OC(=O)C(C)(C)C)c(C2OP(=O)(O)C(O)(Cc3cccnc3)P(=O)(O)O2)c1. The van der Waals surface area contributed by atoms with Gasteiger partial charge in [0.05, 0.1) is 11.0 Å². The van der Waals surface area contributed by atoms with Crippen LogP contribution in [0.3, 0.4) is 0 Å². The zero-order valence-corrected chi connectivity index (χ0v) is 19.7. The highest BCUT2D eigenvalue weighted by atomic mass is 31.2. The van der Waals surface area contributed by atoms with Crippen LogP contribution in [0.2, 0.25) is 0 Å². The molecule has 2 atom stereocenters. The van der Waals surface area contributed by atoms with E-state index in [1.165, 1.54) is 36.7 Å². The number of benzene rings is 1. The lowest BCUT2D eigenvalue weighted by Crippen LogP contribution is -2.38. The number of aryl methyl sites for hydroxylation is 1. The number of esters is 1. The van der Waals surface area contributed by atoms with Crippen molar-refractivity contribution in [3.05, 3.63) is 59.4 Å². The smallest absolute Gasteiger partial charge is 0.374 e. The van der Waals surface area contributed by atoms with Crippen LogP contribution in [0.15, 0.2) is 42.7 Å². The molecule has 3 rings (SSSR count). The Labute approximate surface area is 185 Å². The van der Waals surface area contributed by atoms with E-state index in [2.05, 4.69) is 4.98 Å². The summed E-state index contributed by atoms with van der Waals surface area (Å²) >= 11 is 0. The number of hydrogen-bond donors (Lipinski definition) is 3. The molecule has 32 heavy (non-hydrogen) atoms. The highest BCUT2D eigenvalue weighted by Crippen LogP contribution is 2.79. The fraction of sp³-hybridized carbons (Fsp3) is 0.400. The highest BCUT2D eigenvalue weighted by molar-refractivity contribution is 7.73. The Kier molecular flexibility index (Phi) is 6.54. The fourth-order valence-corrected chi connectivity index (χ4v) is 6.46. The van der Waals surface area contributed by atoms with Crippen LogP contribution in [0.25, 0.3) is 0 Å². The van der Waals surface area contributed by atoms with Crippen molar-refractivity contribution in [1.82, 2.24) is 4.98 Å². The number of carbonyl (C=O) groups is 1. The van der Waals surface area contributed by atoms with Crippen LogP contribution in [0.1, 0.15) is 43.8 Å². The monoisotopic (exact) mass is 485 g/mol. The topological polar surface area (TPSA) is 152 Å². The van der Waals surface area contributed by atoms with Crippen LogP contribution >= 0.6 is 15.2 Å². The molecule has 1 aliphatic heterocycles. The van der Waals surface area contributed by atoms with E-state index in [-0.39, 0.29) is 16.9 Å². The average Bonchev–Trinajstić information content (AvgIpc) is 2.67. The lowest BCUT2D eigenvalue weighted by Gasteiger charge is -2.41. The summed E-state index contributed by atoms with van der Waals surface area (Å²) in [4.78, 5) is 37.3. The van der Waals surface area contributed by atoms with Crippen LogP contribution in [0.4, 0.5) is 0 Å². The molecule has 174 valence electrons. The molecule has 0 amide bonds. The molecule has 0 aliphatic carbocycles. The molecule has 2 unspecified atom stereocenters. The van der Waals surface area contributed by atoms with Crippen molar-refractivity contribution in [1.29, 1.82) is 0 Å². The van der Waals surface area contributed by atoms with Crippen molar-refractivity contribution in [3.63, 3.8) is 0 Å². The molecular formula is C20H25NO9P2. The van der Waals surface area contributed by atoms with Crippen LogP contribution in [-0.4, -0.2) is 30.9 Å². The van der Waals surface area contributed by atoms with E-state index in [1.807, 2.05) is 0 Å². The first kappa shape index (κ1) is 24.7. The van der Waals surface area contributed by atoms with E-state index in [0.29, 0.717) is 5.56 Å². The third-order valence-electron chi connectivity index (χ3n) is 4.78. The fourth-order valence-electron chi connectivity index (χ4n) is 2.90. The maximum absolute atomic E-state index is 13.0. The second-order valence-electron chi connectivity index (χ2n) is 8.58. The van der Waals surface area contributed by atoms with Gasteiger partial charge in [-0.2, -0.15) is 0 Å². The number of aromatic nitrogens is 1. The summed E-state index contributed by atoms with van der Waals surface area (Å²) in [7, 11) is -10.3. The summed E-state index contributed by atoms with van der Waals surface area (Å²) in [6.07, 6.45) is 0.148. The number of pyridine rings is 1. The molecule has 10 nitrogen and oxygen atoms in total. The van der Waals surface area contributed by atoms with Crippen LogP contribution < -0.4 is 4.74 Å². The lowest BCUT2D eigenvalue weighted by molar-refractivity contribution is -0.143. The van der Waals surface area contributed by atoms with Gasteiger partial charge in [-0.15, -0.1) is 0 Å². The zero-order chi connectivity index (χ0) is 23.9. The van der Waals surface area contributed by atoms with Gasteiger partial charge >= 0.3 is 21.2 Å². The Hall–Kier alpha value is -1.90. The zero-order valence-electron chi connectivity index (χ0n) is 18.0. The van der Waals surface area contributed by atoms with Gasteiger partial charge in [0.25, 0.3) is 5.08 Å². The van der Waals surface area contributed by atoms with Gasteiger partial charge in [-0.3, -0.25) is 28.0 Å². The molecule has 0 spiro atoms. The van der Waals surface area contributed by atoms with Crippen molar-refractivity contribution in [2.75, 3.05) is 0 Å². The van der Waals surface area contributed by atoms with E-state index >= 15 is 0 Å². The second-order valence-corrected chi connectivity index (χ2v) is 12.9. The third kappa shape index (κ3) is 4.72. The van der Waals surface area contributed by atoms with Crippen LogP contribution in [-0.2, 0) is 29.4 Å². The Balaban J connectivity index is 2.00. The summed E-state index contributed by atoms with van der Waals surface area (Å²) in [6, 6.07) is 7.43. The number of ether oxygens (including phenoxy) is 1. The van der Waals surface area contributed by atoms with E-state index < -0.39 is 44.4 Å². The molecule has 1 aromatic heterocycles. The van der Waals surface area contributed by atoms with Crippen LogP contribution in [0, 0.1) is 12.3 Å². The number of aliphatic hydroxyl groups is 1. The quantitative estimate of drug-likeness (QED) is 0.332. The summed E-state index contributed by atoms with van der Waals surface area (Å²) in [5.41, 5.74) is -0.0486. The van der Waals surface area contributed by atoms with E-state index in [4.69, 9.17) is 13.8 Å². The molecule has 2 heterocycles. The van der Waals surface area contributed by atoms with E-state index in [0.717, 1.165) is 0 Å². The Morgan fingerprint density at radius 2 is 1.81 bits per heavy atom. The van der Waals surface area contributed by atoms with Crippen molar-refractivity contribution in [2.45, 2.75) is 45.5 Å². The number of hydrogen-bond acceptors (Lipinski definition) is 8. The van der Waals surface area contributed by atoms with Crippen molar-refractivity contribution in [2.24, 2.45) is 5.41 Å². The maximum atomic E-state index is 13.0. The standard InChI is InChI=1S/C20H25NO9P2/c1-13-7-8-16(28-18(22)19(2,3)4)15(10-13)17-29-31(24,25)20(23,32(26,27)30-17)11-14-6-5-9-21-12-14/h5-10,12,17,23H,11H2,1-4H3,(H,24,25)(H,26,27). The van der Waals surface area contributed by atoms with Crippen molar-refractivity contribution >= 4 is 21.2 Å². The lowest BCUT2D eigenvalue weighted by atomic mass is 9.97. The van der Waals surface area contributed by atoms with Gasteiger partial charge in [0, 0.05) is 18.8 Å². The summed E-state index contributed by atoms with van der Waals surface area (Å²) < 4.78 is 41.7. The summed E-state index contributed by atoms with van der Waals surface area (Å²) in [5.74, 6) is -0.677. The van der Waals surface area contributed by atoms with Gasteiger partial charge in [0.2, 0.25) is 6.29 Å². The normalized spacial score (nSPS) is 30.7. The van der Waals surface area contributed by atoms with E-state index in [9.17, 15) is 28.8 Å². The molecule has 1 aromatic carbocycles. The van der Waals surface area contributed by atoms with Crippen molar-refractivity contribution < 1.29 is 42.6 Å². The van der Waals surface area contributed by atoms with Crippen LogP contribution in [0.5, 0.6) is 5.75 Å². The average molecular weight is 485 g/mol. The largest absolute Gasteiger partial charge is 0.426 e. The van der Waals surface area contributed by atoms with Gasteiger partial charge in [-0.05, 0) is 51.5 Å². The predicted molar refractivity (Wildman–Crippen MR) is 114 cm³/mol. The van der Waals surface area contributed by atoms with Gasteiger partial charge in [0.15, 0.2) is 0 Å². The molecule has 0 bridgehead atoms. The molecule has 1 saturated heterocycles. The van der Waals surface area contributed by atoms with Gasteiger partial charge in [-0.1, -0.05) is 17.7 Å². The molecule has 1 fully saturated rings. The molecule has 0 radical (unpaired) electrons. The first-order valence-corrected chi connectivity index (χ1v) is 12.8. The molecule has 1 aliphatic rings. The molecule has 3 N–H and O–H groups in total. The maximum Gasteiger partial charge on any atom is 0.374 e. The number of carbonyl (C=O) groups excluding carboxylic acids is 1. The highest BCUT2D eigenvalue weighted by Gasteiger charge is 2.67. The number of rotatable bonds is 4. The van der Waals surface area contributed by atoms with E-state index in [1.54, 1.807) is 33.8 Å². The Morgan fingerprint density at radius 3 is 2.34 bits per heavy atom. The minimum Gasteiger partial charge on any atom is -0.426 e. The molecule has 0 saturated carbocycles. The minimum absolute atomic E-state index is 0.0467. The van der Waals surface area contributed by atoms with Gasteiger partial charge < -0.3 is 19.6 Å². The second kappa shape index (κ2) is 8.47. The Bertz CT molecular complexity index is 1090. The summed E-state index contributed by atoms with van der Waals surface area (Å²) in [5, 5.41) is 7.71. The molecular weight excluding hydrogens is 460 g/mol. The molecule has 2 aromatic rings. The predicted octanol–water partition coefficient (Wildman–Crippen LogP) is 3.65. The Morgan fingerprint density at radius 1 is 1.19 bits per heavy atom. The minimum atomic E-state index is -5.17. The number of nitrogens with zero attached hydrogens (tertiary/aromatic N) is 1. The van der Waals surface area contributed by atoms with Gasteiger partial charge in [0.1, 0.15) is 5.75 Å². The van der Waals surface area contributed by atoms with Gasteiger partial charge in [-0.25, -0.2) is 0 Å². The third-order valence-corrected chi connectivity index (χ3v) is 9.38. The molecule has 12 heteroatoms. The summed E-state index contributed by atoms with van der Waals surface area (Å²) in [6.45, 7) is 6.61.